The minimum absolute atomic E-state index is 0.0889. The highest BCUT2D eigenvalue weighted by Gasteiger charge is 2.34. The van der Waals surface area contributed by atoms with Crippen LogP contribution >= 0.6 is 0 Å². The second kappa shape index (κ2) is 11.1. The minimum Gasteiger partial charge on any atom is -0.383 e. The van der Waals surface area contributed by atoms with Crippen LogP contribution in [0.3, 0.4) is 0 Å². The highest BCUT2D eigenvalue weighted by atomic mass is 19.4. The predicted octanol–water partition coefficient (Wildman–Crippen LogP) is 5.07. The van der Waals surface area contributed by atoms with E-state index in [1.807, 2.05) is 11.5 Å². The normalized spacial score (nSPS) is 19.2. The lowest BCUT2D eigenvalue weighted by molar-refractivity contribution is -0.139. The Bertz CT molecular complexity index is 1300. The van der Waals surface area contributed by atoms with Gasteiger partial charge < -0.3 is 15.2 Å². The summed E-state index contributed by atoms with van der Waals surface area (Å²) in [4.78, 5) is 17.6. The van der Waals surface area contributed by atoms with Crippen molar-refractivity contribution in [1.29, 1.82) is 0 Å². The fourth-order valence-corrected chi connectivity index (χ4v) is 5.59. The van der Waals surface area contributed by atoms with E-state index in [2.05, 4.69) is 19.8 Å². The number of nitrogen functional groups attached to an aromatic ring is 1. The number of likely N-dealkylation sites (tertiary alicyclic amines) is 1. The van der Waals surface area contributed by atoms with Crippen molar-refractivity contribution < 1.29 is 22.0 Å². The number of benzene rings is 1. The van der Waals surface area contributed by atoms with Crippen molar-refractivity contribution in [3.63, 3.8) is 0 Å². The van der Waals surface area contributed by atoms with Crippen LogP contribution in [0.15, 0.2) is 30.7 Å². The number of alkyl halides is 4. The summed E-state index contributed by atoms with van der Waals surface area (Å²) in [6, 6.07) is 2.90. The molecule has 1 aromatic carbocycles. The molecule has 0 aliphatic carbocycles. The van der Waals surface area contributed by atoms with Gasteiger partial charge in [0.2, 0.25) is 0 Å². The SMILES string of the molecule is CCc1c(N)ncnc1N1CCC(c2nc(-c3ccc(C(F)(F)F)c(F)c3)cn2CCN2CCC(F)C2)CC1. The van der Waals surface area contributed by atoms with Gasteiger partial charge in [-0.2, -0.15) is 13.2 Å². The van der Waals surface area contributed by atoms with Gasteiger partial charge in [0.25, 0.3) is 0 Å². The molecule has 2 saturated heterocycles. The first kappa shape index (κ1) is 27.3. The summed E-state index contributed by atoms with van der Waals surface area (Å²) >= 11 is 0. The zero-order chi connectivity index (χ0) is 27.7. The van der Waals surface area contributed by atoms with Gasteiger partial charge in [0.15, 0.2) is 0 Å². The van der Waals surface area contributed by atoms with E-state index in [9.17, 15) is 22.0 Å². The smallest absolute Gasteiger partial charge is 0.383 e. The summed E-state index contributed by atoms with van der Waals surface area (Å²) in [5, 5.41) is 0. The highest BCUT2D eigenvalue weighted by molar-refractivity contribution is 5.60. The van der Waals surface area contributed by atoms with Crippen LogP contribution in [0.1, 0.15) is 49.1 Å². The third kappa shape index (κ3) is 5.85. The number of nitrogens with zero attached hydrogens (tertiary/aromatic N) is 6. The summed E-state index contributed by atoms with van der Waals surface area (Å²) in [6.07, 6.45) is 0.435. The lowest BCUT2D eigenvalue weighted by Crippen LogP contribution is -2.35. The van der Waals surface area contributed by atoms with E-state index in [1.54, 1.807) is 6.20 Å². The fraction of sp³-hybridized carbons (Fsp3) is 0.519. The van der Waals surface area contributed by atoms with Crippen molar-refractivity contribution in [2.75, 3.05) is 43.4 Å². The molecule has 0 radical (unpaired) electrons. The van der Waals surface area contributed by atoms with Gasteiger partial charge in [-0.25, -0.2) is 23.7 Å². The Hall–Kier alpha value is -3.28. The van der Waals surface area contributed by atoms with E-state index in [0.717, 1.165) is 61.7 Å². The molecule has 2 aliphatic rings. The molecule has 0 amide bonds. The second-order valence-electron chi connectivity index (χ2n) is 10.2. The number of anilines is 2. The van der Waals surface area contributed by atoms with Crippen LogP contribution in [0.2, 0.25) is 0 Å². The quantitative estimate of drug-likeness (QED) is 0.415. The minimum atomic E-state index is -4.77. The molecular formula is C27H32F5N7. The van der Waals surface area contributed by atoms with Crippen molar-refractivity contribution in [2.45, 2.75) is 57.4 Å². The number of rotatable bonds is 7. The third-order valence-corrected chi connectivity index (χ3v) is 7.72. The van der Waals surface area contributed by atoms with Gasteiger partial charge in [0.05, 0.1) is 11.3 Å². The van der Waals surface area contributed by atoms with Crippen LogP contribution in [0.25, 0.3) is 11.3 Å². The Morgan fingerprint density at radius 3 is 2.46 bits per heavy atom. The maximum Gasteiger partial charge on any atom is 0.419 e. The first-order chi connectivity index (χ1) is 18.6. The van der Waals surface area contributed by atoms with Crippen molar-refractivity contribution >= 4 is 11.6 Å². The van der Waals surface area contributed by atoms with Crippen LogP contribution in [0.5, 0.6) is 0 Å². The zero-order valence-electron chi connectivity index (χ0n) is 21.8. The number of hydrogen-bond donors (Lipinski definition) is 1. The molecule has 2 aromatic heterocycles. The van der Waals surface area contributed by atoms with Crippen molar-refractivity contribution in [2.24, 2.45) is 0 Å². The first-order valence-corrected chi connectivity index (χ1v) is 13.3. The molecule has 2 fully saturated rings. The van der Waals surface area contributed by atoms with Crippen LogP contribution < -0.4 is 10.6 Å². The summed E-state index contributed by atoms with van der Waals surface area (Å²) in [7, 11) is 0. The maximum absolute atomic E-state index is 14.4. The van der Waals surface area contributed by atoms with Crippen molar-refractivity contribution in [3.05, 3.63) is 53.5 Å². The van der Waals surface area contributed by atoms with Crippen LogP contribution in [0, 0.1) is 5.82 Å². The summed E-state index contributed by atoms with van der Waals surface area (Å²) in [5.74, 6) is 0.879. The molecule has 7 nitrogen and oxygen atoms in total. The Kier molecular flexibility index (Phi) is 7.75. The molecule has 0 spiro atoms. The van der Waals surface area contributed by atoms with Gasteiger partial charge in [-0.15, -0.1) is 0 Å². The van der Waals surface area contributed by atoms with E-state index in [0.29, 0.717) is 44.1 Å². The number of aromatic nitrogens is 4. The number of halogens is 5. The highest BCUT2D eigenvalue weighted by Crippen LogP contribution is 2.36. The van der Waals surface area contributed by atoms with E-state index in [4.69, 9.17) is 10.7 Å². The van der Waals surface area contributed by atoms with Gasteiger partial charge in [0.1, 0.15) is 35.8 Å². The predicted molar refractivity (Wildman–Crippen MR) is 139 cm³/mol. The molecule has 0 bridgehead atoms. The fourth-order valence-electron chi connectivity index (χ4n) is 5.59. The lowest BCUT2D eigenvalue weighted by atomic mass is 9.95. The largest absolute Gasteiger partial charge is 0.419 e. The molecule has 2 aliphatic heterocycles. The number of imidazole rings is 1. The van der Waals surface area contributed by atoms with Gasteiger partial charge in [-0.3, -0.25) is 4.90 Å². The van der Waals surface area contributed by atoms with E-state index in [1.165, 1.54) is 12.4 Å². The number of nitrogens with two attached hydrogens (primary N) is 1. The Balaban J connectivity index is 1.39. The molecule has 1 unspecified atom stereocenters. The first-order valence-electron chi connectivity index (χ1n) is 13.3. The molecular weight excluding hydrogens is 517 g/mol. The Morgan fingerprint density at radius 2 is 1.82 bits per heavy atom. The van der Waals surface area contributed by atoms with E-state index < -0.39 is 23.7 Å². The molecule has 3 aromatic rings. The summed E-state index contributed by atoms with van der Waals surface area (Å²) < 4.78 is 69.3. The van der Waals surface area contributed by atoms with Gasteiger partial charge in [-0.05, 0) is 37.8 Å². The molecule has 39 heavy (non-hydrogen) atoms. The van der Waals surface area contributed by atoms with Crippen LogP contribution in [-0.4, -0.2) is 63.3 Å². The molecule has 0 saturated carbocycles. The standard InChI is InChI=1S/C27H32F5N7/c1-2-20-24(33)34-16-35-26(20)38-9-5-17(6-10-38)25-36-23(15-39(25)12-11-37-8-7-19(28)14-37)18-3-4-21(22(29)13-18)27(30,31)32/h3-4,13,15-17,19H,2,5-12,14H2,1H3,(H2,33,34,35). The molecule has 1 atom stereocenters. The van der Waals surface area contributed by atoms with Gasteiger partial charge in [-0.1, -0.05) is 13.0 Å². The van der Waals surface area contributed by atoms with Crippen LogP contribution in [0.4, 0.5) is 33.6 Å². The third-order valence-electron chi connectivity index (χ3n) is 7.72. The number of piperidine rings is 1. The van der Waals surface area contributed by atoms with Crippen LogP contribution in [-0.2, 0) is 19.1 Å². The van der Waals surface area contributed by atoms with E-state index in [-0.39, 0.29) is 11.5 Å². The lowest BCUT2D eigenvalue weighted by Gasteiger charge is -2.34. The molecule has 210 valence electrons. The van der Waals surface area contributed by atoms with Gasteiger partial charge >= 0.3 is 6.18 Å². The Morgan fingerprint density at radius 1 is 1.05 bits per heavy atom. The van der Waals surface area contributed by atoms with Crippen molar-refractivity contribution in [1.82, 2.24) is 24.4 Å². The molecule has 4 heterocycles. The second-order valence-corrected chi connectivity index (χ2v) is 10.2. The monoisotopic (exact) mass is 549 g/mol. The summed E-state index contributed by atoms with van der Waals surface area (Å²) in [5.41, 5.74) is 6.38. The number of hydrogen-bond acceptors (Lipinski definition) is 6. The maximum atomic E-state index is 14.4. The Labute approximate surface area is 223 Å². The average molecular weight is 550 g/mol. The molecule has 12 heteroatoms. The summed E-state index contributed by atoms with van der Waals surface area (Å²) in [6.45, 7) is 5.72. The van der Waals surface area contributed by atoms with E-state index >= 15 is 0 Å². The van der Waals surface area contributed by atoms with Gasteiger partial charge in [0, 0.05) is 62.5 Å². The molecule has 2 N–H and O–H groups in total. The average Bonchev–Trinajstić information content (AvgIpc) is 3.52. The topological polar surface area (TPSA) is 76.1 Å². The van der Waals surface area contributed by atoms with Crippen molar-refractivity contribution in [3.8, 4) is 11.3 Å². The zero-order valence-corrected chi connectivity index (χ0v) is 21.8. The molecule has 5 rings (SSSR count).